The molecule has 22 heavy (non-hydrogen) atoms. The average Bonchev–Trinajstić information content (AvgIpc) is 2.50. The first-order valence-corrected chi connectivity index (χ1v) is 6.53. The van der Waals surface area contributed by atoms with E-state index in [1.54, 1.807) is 0 Å². The summed E-state index contributed by atoms with van der Waals surface area (Å²) in [7, 11) is 1.53. The van der Waals surface area contributed by atoms with E-state index >= 15 is 0 Å². The lowest BCUT2D eigenvalue weighted by Gasteiger charge is -2.12. The summed E-state index contributed by atoms with van der Waals surface area (Å²) in [6.07, 6.45) is 1.42. The number of hydrogen-bond acceptors (Lipinski definition) is 8. The molecule has 0 saturated carbocycles. The van der Waals surface area contributed by atoms with Crippen LogP contribution >= 0.6 is 11.6 Å². The Bertz CT molecular complexity index is 490. The zero-order valence-electron chi connectivity index (χ0n) is 11.8. The minimum absolute atomic E-state index is 0.0361. The summed E-state index contributed by atoms with van der Waals surface area (Å²) in [5.41, 5.74) is 2.66. The van der Waals surface area contributed by atoms with Crippen LogP contribution < -0.4 is 16.1 Å². The molecule has 0 aliphatic carbocycles. The lowest BCUT2D eigenvalue weighted by molar-refractivity contribution is -0.106. The molecule has 0 aliphatic rings. The van der Waals surface area contributed by atoms with E-state index in [4.69, 9.17) is 25.9 Å². The zero-order valence-corrected chi connectivity index (χ0v) is 12.6. The van der Waals surface area contributed by atoms with E-state index in [0.29, 0.717) is 32.5 Å². The van der Waals surface area contributed by atoms with Crippen molar-refractivity contribution in [2.45, 2.75) is 6.42 Å². The van der Waals surface area contributed by atoms with Gasteiger partial charge < -0.3 is 14.8 Å². The maximum absolute atomic E-state index is 10.6. The molecule has 3 N–H and O–H groups in total. The van der Waals surface area contributed by atoms with Gasteiger partial charge in [0.25, 0.3) is 0 Å². The van der Waals surface area contributed by atoms with Gasteiger partial charge in [0.05, 0.1) is 13.2 Å². The molecule has 1 rings (SSSR count). The van der Waals surface area contributed by atoms with Crippen LogP contribution in [0.4, 0.5) is 17.5 Å². The van der Waals surface area contributed by atoms with Gasteiger partial charge in [0.1, 0.15) is 12.5 Å². The molecule has 0 bridgehead atoms. The van der Waals surface area contributed by atoms with Crippen molar-refractivity contribution in [3.8, 4) is 0 Å². The monoisotopic (exact) mass is 333 g/mol. The van der Waals surface area contributed by atoms with Gasteiger partial charge in [0, 0.05) is 7.11 Å². The number of carbonyl (C=O) groups is 2. The van der Waals surface area contributed by atoms with E-state index in [1.165, 1.54) is 7.11 Å². The molecule has 0 aromatic carbocycles. The summed E-state index contributed by atoms with van der Waals surface area (Å²) < 4.78 is 9.81. The van der Waals surface area contributed by atoms with E-state index in [9.17, 15) is 9.59 Å². The molecule has 1 aromatic heterocycles. The molecule has 1 heterocycles. The topological polar surface area (TPSA) is 124 Å². The highest BCUT2D eigenvalue weighted by molar-refractivity contribution is 6.33. The van der Waals surface area contributed by atoms with Crippen LogP contribution in [0.3, 0.4) is 0 Å². The highest BCUT2D eigenvalue weighted by atomic mass is 35.5. The van der Waals surface area contributed by atoms with Crippen LogP contribution in [0.1, 0.15) is 6.42 Å². The van der Waals surface area contributed by atoms with Crippen molar-refractivity contribution in [1.29, 1.82) is 0 Å². The third kappa shape index (κ3) is 6.18. The van der Waals surface area contributed by atoms with Crippen molar-refractivity contribution < 1.29 is 23.9 Å². The van der Waals surface area contributed by atoms with Crippen molar-refractivity contribution >= 4 is 41.9 Å². The maximum Gasteiger partial charge on any atom is 0.232 e. The van der Waals surface area contributed by atoms with Crippen LogP contribution in [0.5, 0.6) is 0 Å². The molecular formula is C11H16ClN5O5. The van der Waals surface area contributed by atoms with E-state index in [2.05, 4.69) is 26.1 Å². The lowest BCUT2D eigenvalue weighted by Crippen LogP contribution is -2.12. The Morgan fingerprint density at radius 2 is 1.95 bits per heavy atom. The quantitative estimate of drug-likeness (QED) is 0.167. The van der Waals surface area contributed by atoms with Gasteiger partial charge in [-0.25, -0.2) is 5.48 Å². The molecule has 122 valence electrons. The van der Waals surface area contributed by atoms with E-state index in [-0.39, 0.29) is 29.4 Å². The molecule has 0 fully saturated rings. The second kappa shape index (κ2) is 10.7. The molecule has 0 atom stereocenters. The van der Waals surface area contributed by atoms with Crippen LogP contribution in [0.25, 0.3) is 0 Å². The first-order valence-electron chi connectivity index (χ1n) is 6.15. The first-order chi connectivity index (χ1) is 10.7. The van der Waals surface area contributed by atoms with Gasteiger partial charge in [-0.1, -0.05) is 11.6 Å². The smallest absolute Gasteiger partial charge is 0.232 e. The number of anilines is 3. The average molecular weight is 334 g/mol. The van der Waals surface area contributed by atoms with Crippen molar-refractivity contribution in [3.05, 3.63) is 5.15 Å². The van der Waals surface area contributed by atoms with Gasteiger partial charge in [-0.2, -0.15) is 9.97 Å². The number of carbonyl (C=O) groups excluding carboxylic acids is 2. The van der Waals surface area contributed by atoms with E-state index < -0.39 is 0 Å². The molecule has 0 spiro atoms. The minimum atomic E-state index is -0.0547. The standard InChI is InChI=1S/C11H16ClN5O5/c1-20-7-21-3-2-4-22-17-10-8(13-5-18)9(12)15-11(16-10)14-6-19/h5-6H,2-4,7H2,1H3,(H,13,18)(H2,14,15,16,17,19). The maximum atomic E-state index is 10.6. The molecule has 0 saturated heterocycles. The molecule has 0 radical (unpaired) electrons. The molecule has 0 aliphatic heterocycles. The van der Waals surface area contributed by atoms with Crippen LogP contribution in [-0.2, 0) is 23.9 Å². The van der Waals surface area contributed by atoms with Crippen molar-refractivity contribution in [3.63, 3.8) is 0 Å². The molecule has 0 unspecified atom stereocenters. The highest BCUT2D eigenvalue weighted by Crippen LogP contribution is 2.28. The predicted octanol–water partition coefficient (Wildman–Crippen LogP) is 0.621. The highest BCUT2D eigenvalue weighted by Gasteiger charge is 2.13. The predicted molar refractivity (Wildman–Crippen MR) is 78.4 cm³/mol. The summed E-state index contributed by atoms with van der Waals surface area (Å²) in [6.45, 7) is 0.975. The van der Waals surface area contributed by atoms with Crippen LogP contribution in [0.15, 0.2) is 0 Å². The Labute approximate surface area is 131 Å². The van der Waals surface area contributed by atoms with Crippen molar-refractivity contribution in [2.75, 3.05) is 43.2 Å². The van der Waals surface area contributed by atoms with Gasteiger partial charge in [-0.3, -0.25) is 19.7 Å². The number of amides is 2. The number of methoxy groups -OCH3 is 1. The van der Waals surface area contributed by atoms with Crippen LogP contribution in [-0.4, -0.2) is 49.9 Å². The minimum Gasteiger partial charge on any atom is -0.359 e. The van der Waals surface area contributed by atoms with E-state index in [0.717, 1.165) is 0 Å². The molecule has 2 amide bonds. The third-order valence-electron chi connectivity index (χ3n) is 2.16. The number of nitrogens with one attached hydrogen (secondary N) is 3. The summed E-state index contributed by atoms with van der Waals surface area (Å²) in [6, 6.07) is 0. The summed E-state index contributed by atoms with van der Waals surface area (Å²) in [4.78, 5) is 33.9. The lowest BCUT2D eigenvalue weighted by atomic mass is 10.5. The molecule has 11 heteroatoms. The first kappa shape index (κ1) is 18.0. The number of nitrogens with zero attached hydrogens (tertiary/aromatic N) is 2. The summed E-state index contributed by atoms with van der Waals surface area (Å²) >= 11 is 5.89. The molecule has 1 aromatic rings. The molecule has 10 nitrogen and oxygen atoms in total. The fourth-order valence-electron chi connectivity index (χ4n) is 1.31. The Balaban J connectivity index is 2.58. The fourth-order valence-corrected chi connectivity index (χ4v) is 1.53. The van der Waals surface area contributed by atoms with Gasteiger partial charge >= 0.3 is 0 Å². The van der Waals surface area contributed by atoms with Gasteiger partial charge in [0.2, 0.25) is 18.8 Å². The zero-order chi connectivity index (χ0) is 16.2. The number of halogens is 1. The normalized spacial score (nSPS) is 10.1. The number of hydrogen-bond donors (Lipinski definition) is 3. The molecular weight excluding hydrogens is 318 g/mol. The van der Waals surface area contributed by atoms with Crippen molar-refractivity contribution in [2.24, 2.45) is 0 Å². The number of aromatic nitrogens is 2. The SMILES string of the molecule is COCOCCCONc1nc(NC=O)nc(Cl)c1NC=O. The Morgan fingerprint density at radius 3 is 2.64 bits per heavy atom. The van der Waals surface area contributed by atoms with E-state index in [1.807, 2.05) is 0 Å². The Kier molecular flexibility index (Phi) is 8.76. The third-order valence-corrected chi connectivity index (χ3v) is 2.43. The largest absolute Gasteiger partial charge is 0.359 e. The Hall–Kier alpha value is -2.01. The van der Waals surface area contributed by atoms with Crippen LogP contribution in [0.2, 0.25) is 5.15 Å². The van der Waals surface area contributed by atoms with Gasteiger partial charge in [-0.15, -0.1) is 0 Å². The Morgan fingerprint density at radius 1 is 1.18 bits per heavy atom. The van der Waals surface area contributed by atoms with Gasteiger partial charge in [-0.05, 0) is 6.42 Å². The fraction of sp³-hybridized carbons (Fsp3) is 0.455. The number of rotatable bonds is 12. The second-order valence-corrected chi connectivity index (χ2v) is 4.06. The number of ether oxygens (including phenoxy) is 2. The van der Waals surface area contributed by atoms with Crippen molar-refractivity contribution in [1.82, 2.24) is 9.97 Å². The van der Waals surface area contributed by atoms with Crippen LogP contribution in [0, 0.1) is 0 Å². The summed E-state index contributed by atoms with van der Waals surface area (Å²) in [5.74, 6) is 0.0697. The summed E-state index contributed by atoms with van der Waals surface area (Å²) in [5, 5.41) is 4.54. The van der Waals surface area contributed by atoms with Gasteiger partial charge in [0.15, 0.2) is 11.0 Å². The second-order valence-electron chi connectivity index (χ2n) is 3.70.